The van der Waals surface area contributed by atoms with Crippen LogP contribution in [0.1, 0.15) is 43.7 Å². The molecule has 0 amide bonds. The summed E-state index contributed by atoms with van der Waals surface area (Å²) in [5.41, 5.74) is 5.71. The molecule has 1 aromatic carbocycles. The lowest BCUT2D eigenvalue weighted by Gasteiger charge is -2.27. The summed E-state index contributed by atoms with van der Waals surface area (Å²) in [4.78, 5) is 16.0. The third kappa shape index (κ3) is 7.23. The molecule has 0 spiro atoms. The van der Waals surface area contributed by atoms with Gasteiger partial charge in [0.25, 0.3) is 0 Å². The third-order valence-electron chi connectivity index (χ3n) is 5.88. The molecule has 35 heavy (non-hydrogen) atoms. The van der Waals surface area contributed by atoms with Crippen molar-refractivity contribution in [3.05, 3.63) is 78.7 Å². The number of hydrogen-bond acceptors (Lipinski definition) is 6. The molecule has 1 aliphatic rings. The maximum absolute atomic E-state index is 9.94. The fourth-order valence-corrected chi connectivity index (χ4v) is 4.21. The molecule has 2 N–H and O–H groups in total. The molecule has 1 heterocycles. The Labute approximate surface area is 209 Å². The zero-order chi connectivity index (χ0) is 25.4. The Balaban J connectivity index is 2.06. The summed E-state index contributed by atoms with van der Waals surface area (Å²) in [6.07, 6.45) is 12.7. The van der Waals surface area contributed by atoms with Gasteiger partial charge in [-0.05, 0) is 49.8 Å². The third-order valence-corrected chi connectivity index (χ3v) is 5.88. The van der Waals surface area contributed by atoms with E-state index in [0.717, 1.165) is 64.9 Å². The highest BCUT2D eigenvalue weighted by Crippen LogP contribution is 2.29. The largest absolute Gasteiger partial charge is 0.393 e. The van der Waals surface area contributed by atoms with Crippen molar-refractivity contribution in [1.29, 1.82) is 0 Å². The average Bonchev–Trinajstić information content (AvgIpc) is 2.83. The first kappa shape index (κ1) is 26.1. The maximum Gasteiger partial charge on any atom is 0.161 e. The van der Waals surface area contributed by atoms with Crippen molar-refractivity contribution in [2.45, 2.75) is 44.8 Å². The quantitative estimate of drug-likeness (QED) is 0.367. The van der Waals surface area contributed by atoms with E-state index >= 15 is 0 Å². The molecule has 1 aromatic heterocycles. The topological polar surface area (TPSA) is 73.6 Å². The van der Waals surface area contributed by atoms with E-state index in [9.17, 15) is 5.11 Å². The standard InChI is InChI=1S/C29H37N5O/c1-7-21(19-34(5)6)22-9-8-10-23(16-22)28-31-18-27(24(17-30-4)15-20(2)3)29(33-28)32-25-11-13-26(35)14-12-25/h7-10,15-19,25-26,35H,1-2,11-14H2,3-6H3,(H,31,32,33)/b21-19+,24-15+,30-17?. The predicted octanol–water partition coefficient (Wildman–Crippen LogP) is 5.61. The van der Waals surface area contributed by atoms with E-state index in [0.29, 0.717) is 5.82 Å². The second-order valence-electron chi connectivity index (χ2n) is 9.27. The van der Waals surface area contributed by atoms with Crippen LogP contribution < -0.4 is 5.32 Å². The van der Waals surface area contributed by atoms with Crippen LogP contribution in [0.2, 0.25) is 0 Å². The van der Waals surface area contributed by atoms with Gasteiger partial charge in [0.2, 0.25) is 0 Å². The molecule has 0 atom stereocenters. The minimum atomic E-state index is -0.211. The second kappa shape index (κ2) is 12.3. The van der Waals surface area contributed by atoms with Crippen molar-refractivity contribution in [3.8, 4) is 11.4 Å². The first-order chi connectivity index (χ1) is 16.8. The van der Waals surface area contributed by atoms with Gasteiger partial charge in [-0.2, -0.15) is 0 Å². The van der Waals surface area contributed by atoms with Gasteiger partial charge in [-0.25, -0.2) is 9.97 Å². The summed E-state index contributed by atoms with van der Waals surface area (Å²) in [5.74, 6) is 1.41. The molecule has 3 rings (SSSR count). The molecule has 0 bridgehead atoms. The van der Waals surface area contributed by atoms with Crippen LogP contribution in [-0.2, 0) is 0 Å². The number of nitrogens with one attached hydrogen (secondary N) is 1. The SMILES string of the molecule is C=C/C(=C\N(C)C)c1cccc(-c2ncc(/C(C=NC)=C/C(=C)C)c(NC3CCC(O)CC3)n2)c1. The van der Waals surface area contributed by atoms with Crippen molar-refractivity contribution < 1.29 is 5.11 Å². The molecule has 2 aromatic rings. The molecule has 6 heteroatoms. The Morgan fingerprint density at radius 2 is 1.94 bits per heavy atom. The van der Waals surface area contributed by atoms with Crippen LogP contribution >= 0.6 is 0 Å². The fraction of sp³-hybridized carbons (Fsp3) is 0.345. The number of aromatic nitrogens is 2. The van der Waals surface area contributed by atoms with E-state index in [2.05, 4.69) is 35.6 Å². The highest BCUT2D eigenvalue weighted by atomic mass is 16.3. The normalized spacial score (nSPS) is 19.0. The molecular formula is C29H37N5O. The summed E-state index contributed by atoms with van der Waals surface area (Å²) < 4.78 is 0. The van der Waals surface area contributed by atoms with Gasteiger partial charge in [-0.15, -0.1) is 0 Å². The van der Waals surface area contributed by atoms with E-state index < -0.39 is 0 Å². The van der Waals surface area contributed by atoms with Gasteiger partial charge in [0.1, 0.15) is 5.82 Å². The van der Waals surface area contributed by atoms with E-state index in [1.54, 1.807) is 7.05 Å². The second-order valence-corrected chi connectivity index (χ2v) is 9.27. The van der Waals surface area contributed by atoms with Gasteiger partial charge in [0.05, 0.1) is 6.10 Å². The van der Waals surface area contributed by atoms with Crippen molar-refractivity contribution in [3.63, 3.8) is 0 Å². The number of hydrogen-bond donors (Lipinski definition) is 2. The van der Waals surface area contributed by atoms with Gasteiger partial charge in [-0.3, -0.25) is 4.99 Å². The Hall–Kier alpha value is -3.51. The van der Waals surface area contributed by atoms with E-state index in [1.807, 2.05) is 68.8 Å². The number of aliphatic hydroxyl groups is 1. The van der Waals surface area contributed by atoms with E-state index in [1.165, 1.54) is 0 Å². The number of aliphatic hydroxyl groups excluding tert-OH is 1. The minimum Gasteiger partial charge on any atom is -0.393 e. The zero-order valence-corrected chi connectivity index (χ0v) is 21.3. The van der Waals surface area contributed by atoms with Crippen LogP contribution in [0, 0.1) is 0 Å². The van der Waals surface area contributed by atoms with Crippen molar-refractivity contribution in [2.24, 2.45) is 4.99 Å². The molecule has 1 saturated carbocycles. The lowest BCUT2D eigenvalue weighted by atomic mass is 9.93. The average molecular weight is 472 g/mol. The summed E-state index contributed by atoms with van der Waals surface area (Å²) in [5, 5.41) is 13.6. The number of aliphatic imine (C=N–C) groups is 1. The Bertz CT molecular complexity index is 1140. The van der Waals surface area contributed by atoms with E-state index in [4.69, 9.17) is 9.97 Å². The van der Waals surface area contributed by atoms with Gasteiger partial charge in [-0.1, -0.05) is 49.1 Å². The minimum absolute atomic E-state index is 0.211. The molecular weight excluding hydrogens is 434 g/mol. The van der Waals surface area contributed by atoms with Gasteiger partial charge < -0.3 is 15.3 Å². The van der Waals surface area contributed by atoms with Crippen LogP contribution in [-0.4, -0.2) is 59.5 Å². The molecule has 184 valence electrons. The highest BCUT2D eigenvalue weighted by Gasteiger charge is 2.22. The van der Waals surface area contributed by atoms with Crippen molar-refractivity contribution in [1.82, 2.24) is 14.9 Å². The van der Waals surface area contributed by atoms with Crippen LogP contribution in [0.5, 0.6) is 0 Å². The summed E-state index contributed by atoms with van der Waals surface area (Å²) in [6.45, 7) is 9.96. The summed E-state index contributed by atoms with van der Waals surface area (Å²) in [7, 11) is 5.74. The molecule has 0 aliphatic heterocycles. The molecule has 0 radical (unpaired) electrons. The number of rotatable bonds is 9. The molecule has 1 aliphatic carbocycles. The highest BCUT2D eigenvalue weighted by molar-refractivity contribution is 6.12. The zero-order valence-electron chi connectivity index (χ0n) is 21.3. The Morgan fingerprint density at radius 1 is 1.20 bits per heavy atom. The predicted molar refractivity (Wildman–Crippen MR) is 148 cm³/mol. The number of benzene rings is 1. The smallest absolute Gasteiger partial charge is 0.161 e. The lowest BCUT2D eigenvalue weighted by Crippen LogP contribution is -2.29. The Kier molecular flexibility index (Phi) is 9.15. The van der Waals surface area contributed by atoms with Crippen LogP contribution in [0.15, 0.2) is 72.5 Å². The first-order valence-corrected chi connectivity index (χ1v) is 12.0. The first-order valence-electron chi connectivity index (χ1n) is 12.0. The number of anilines is 1. The number of allylic oxidation sites excluding steroid dienone is 5. The van der Waals surface area contributed by atoms with Crippen molar-refractivity contribution >= 4 is 23.2 Å². The summed E-state index contributed by atoms with van der Waals surface area (Å²) >= 11 is 0. The van der Waals surface area contributed by atoms with Crippen molar-refractivity contribution in [2.75, 3.05) is 26.5 Å². The van der Waals surface area contributed by atoms with Crippen LogP contribution in [0.25, 0.3) is 22.5 Å². The van der Waals surface area contributed by atoms with Gasteiger partial charge in [0, 0.05) is 62.5 Å². The number of nitrogens with zero attached hydrogens (tertiary/aromatic N) is 4. The van der Waals surface area contributed by atoms with Crippen LogP contribution in [0.3, 0.4) is 0 Å². The monoisotopic (exact) mass is 471 g/mol. The molecule has 6 nitrogen and oxygen atoms in total. The van der Waals surface area contributed by atoms with Crippen LogP contribution in [0.4, 0.5) is 5.82 Å². The Morgan fingerprint density at radius 3 is 2.57 bits per heavy atom. The molecule has 1 fully saturated rings. The maximum atomic E-state index is 9.94. The molecule has 0 unspecified atom stereocenters. The lowest BCUT2D eigenvalue weighted by molar-refractivity contribution is 0.126. The molecule has 0 saturated heterocycles. The van der Waals surface area contributed by atoms with Gasteiger partial charge in [0.15, 0.2) is 5.82 Å². The summed E-state index contributed by atoms with van der Waals surface area (Å²) in [6, 6.07) is 8.43. The van der Waals surface area contributed by atoms with Gasteiger partial charge >= 0.3 is 0 Å². The fourth-order valence-electron chi connectivity index (χ4n) is 4.21. The van der Waals surface area contributed by atoms with E-state index in [-0.39, 0.29) is 12.1 Å².